The Hall–Kier alpha value is -0.480. The largest absolute Gasteiger partial charge is 0.489 e. The topological polar surface area (TPSA) is 24.5 Å². The Balaban J connectivity index is 2.35. The van der Waals surface area contributed by atoms with E-state index in [1.807, 2.05) is 7.05 Å². The Bertz CT molecular complexity index is 327. The van der Waals surface area contributed by atoms with Gasteiger partial charge < -0.3 is 15.0 Å². The molecule has 0 aromatic heterocycles. The molecule has 1 aromatic carbocycles. The second kappa shape index (κ2) is 7.77. The van der Waals surface area contributed by atoms with Crippen LogP contribution < -0.4 is 10.1 Å². The minimum Gasteiger partial charge on any atom is -0.489 e. The van der Waals surface area contributed by atoms with Gasteiger partial charge in [-0.2, -0.15) is 0 Å². The zero-order valence-electron chi connectivity index (χ0n) is 10.2. The van der Waals surface area contributed by atoms with E-state index < -0.39 is 0 Å². The molecule has 1 N–H and O–H groups in total. The van der Waals surface area contributed by atoms with Crippen molar-refractivity contribution in [3.63, 3.8) is 0 Å². The van der Waals surface area contributed by atoms with E-state index in [9.17, 15) is 0 Å². The fourth-order valence-corrected chi connectivity index (χ4v) is 1.84. The lowest BCUT2D eigenvalue weighted by molar-refractivity contribution is 0.238. The van der Waals surface area contributed by atoms with Gasteiger partial charge in [0.1, 0.15) is 6.61 Å². The molecule has 1 aromatic rings. The second-order valence-electron chi connectivity index (χ2n) is 3.81. The zero-order chi connectivity index (χ0) is 12.7. The Morgan fingerprint density at radius 1 is 1.24 bits per heavy atom. The molecule has 0 saturated heterocycles. The molecule has 0 aliphatic rings. The fraction of sp³-hybridized carbons (Fsp3) is 0.500. The van der Waals surface area contributed by atoms with Gasteiger partial charge in [0.25, 0.3) is 0 Å². The van der Waals surface area contributed by atoms with Crippen molar-refractivity contribution in [2.75, 3.05) is 40.3 Å². The number of nitrogens with one attached hydrogen (secondary N) is 1. The van der Waals surface area contributed by atoms with Gasteiger partial charge in [0.2, 0.25) is 0 Å². The number of rotatable bonds is 7. The monoisotopic (exact) mass is 276 g/mol. The molecule has 0 unspecified atom stereocenters. The van der Waals surface area contributed by atoms with Crippen LogP contribution in [0.25, 0.3) is 0 Å². The van der Waals surface area contributed by atoms with Crippen molar-refractivity contribution >= 4 is 23.2 Å². The first kappa shape index (κ1) is 14.6. The summed E-state index contributed by atoms with van der Waals surface area (Å²) in [4.78, 5) is 2.18. The van der Waals surface area contributed by atoms with Crippen LogP contribution in [-0.2, 0) is 0 Å². The van der Waals surface area contributed by atoms with Gasteiger partial charge in [-0.05, 0) is 26.2 Å². The zero-order valence-corrected chi connectivity index (χ0v) is 11.7. The number of ether oxygens (including phenoxy) is 1. The van der Waals surface area contributed by atoms with Crippen LogP contribution in [-0.4, -0.2) is 45.2 Å². The molecule has 0 atom stereocenters. The van der Waals surface area contributed by atoms with E-state index in [-0.39, 0.29) is 0 Å². The lowest BCUT2D eigenvalue weighted by atomic mass is 10.3. The summed E-state index contributed by atoms with van der Waals surface area (Å²) in [5.41, 5.74) is 0. The van der Waals surface area contributed by atoms with E-state index >= 15 is 0 Å². The van der Waals surface area contributed by atoms with Gasteiger partial charge >= 0.3 is 0 Å². The molecule has 0 fully saturated rings. The molecule has 96 valence electrons. The number of nitrogens with zero attached hydrogens (tertiary/aromatic N) is 1. The number of halogens is 2. The molecule has 0 radical (unpaired) electrons. The Morgan fingerprint density at radius 3 is 2.47 bits per heavy atom. The predicted molar refractivity (Wildman–Crippen MR) is 73.4 cm³/mol. The quantitative estimate of drug-likeness (QED) is 0.829. The third-order valence-corrected chi connectivity index (χ3v) is 2.98. The minimum absolute atomic E-state index is 0.551. The maximum Gasteiger partial charge on any atom is 0.156 e. The predicted octanol–water partition coefficient (Wildman–Crippen LogP) is 2.52. The molecule has 5 heteroatoms. The average molecular weight is 277 g/mol. The van der Waals surface area contributed by atoms with Crippen molar-refractivity contribution in [3.8, 4) is 5.75 Å². The standard InChI is InChI=1S/C12H18Cl2N2O/c1-15-6-7-16(2)8-9-17-12-10(13)4-3-5-11(12)14/h3-5,15H,6-9H2,1-2H3. The highest BCUT2D eigenvalue weighted by Crippen LogP contribution is 2.32. The van der Waals surface area contributed by atoms with E-state index in [4.69, 9.17) is 27.9 Å². The van der Waals surface area contributed by atoms with Crippen LogP contribution in [0.2, 0.25) is 10.0 Å². The maximum absolute atomic E-state index is 6.00. The van der Waals surface area contributed by atoms with Crippen molar-refractivity contribution in [1.29, 1.82) is 0 Å². The molecule has 17 heavy (non-hydrogen) atoms. The van der Waals surface area contributed by atoms with Gasteiger partial charge in [0.15, 0.2) is 5.75 Å². The molecule has 0 spiro atoms. The highest BCUT2D eigenvalue weighted by molar-refractivity contribution is 6.37. The van der Waals surface area contributed by atoms with Crippen LogP contribution in [0.5, 0.6) is 5.75 Å². The number of benzene rings is 1. The lowest BCUT2D eigenvalue weighted by Crippen LogP contribution is -2.30. The maximum atomic E-state index is 6.00. The third-order valence-electron chi connectivity index (χ3n) is 2.38. The molecule has 0 aliphatic carbocycles. The summed E-state index contributed by atoms with van der Waals surface area (Å²) in [6, 6.07) is 5.34. The van der Waals surface area contributed by atoms with Gasteiger partial charge in [-0.25, -0.2) is 0 Å². The van der Waals surface area contributed by atoms with Gasteiger partial charge in [-0.15, -0.1) is 0 Å². The molecule has 0 saturated carbocycles. The smallest absolute Gasteiger partial charge is 0.156 e. The van der Waals surface area contributed by atoms with Crippen LogP contribution in [0.3, 0.4) is 0 Å². The first-order chi connectivity index (χ1) is 8.15. The summed E-state index contributed by atoms with van der Waals surface area (Å²) in [6.45, 7) is 3.35. The summed E-state index contributed by atoms with van der Waals surface area (Å²) in [5, 5.41) is 4.20. The molecule has 0 aliphatic heterocycles. The molecular formula is C12H18Cl2N2O. The Morgan fingerprint density at radius 2 is 1.88 bits per heavy atom. The number of hydrogen-bond donors (Lipinski definition) is 1. The highest BCUT2D eigenvalue weighted by Gasteiger charge is 2.06. The van der Waals surface area contributed by atoms with Crippen molar-refractivity contribution < 1.29 is 4.74 Å². The normalized spacial score (nSPS) is 10.9. The third kappa shape index (κ3) is 5.13. The summed E-state index contributed by atoms with van der Waals surface area (Å²) in [5.74, 6) is 0.567. The van der Waals surface area contributed by atoms with Gasteiger partial charge in [-0.1, -0.05) is 29.3 Å². The Kier molecular flexibility index (Phi) is 6.66. The molecule has 0 heterocycles. The molecule has 0 amide bonds. The van der Waals surface area contributed by atoms with Crippen LogP contribution in [0.1, 0.15) is 0 Å². The van der Waals surface area contributed by atoms with E-state index in [2.05, 4.69) is 17.3 Å². The van der Waals surface area contributed by atoms with Crippen LogP contribution in [0.4, 0.5) is 0 Å². The van der Waals surface area contributed by atoms with Gasteiger partial charge in [0.05, 0.1) is 10.0 Å². The minimum atomic E-state index is 0.551. The second-order valence-corrected chi connectivity index (χ2v) is 4.62. The van der Waals surface area contributed by atoms with Crippen molar-refractivity contribution in [1.82, 2.24) is 10.2 Å². The van der Waals surface area contributed by atoms with E-state index in [1.54, 1.807) is 18.2 Å². The van der Waals surface area contributed by atoms with E-state index in [0.717, 1.165) is 19.6 Å². The first-order valence-electron chi connectivity index (χ1n) is 5.55. The van der Waals surface area contributed by atoms with Crippen molar-refractivity contribution in [2.24, 2.45) is 0 Å². The Labute approximate surface area is 113 Å². The SMILES string of the molecule is CNCCN(C)CCOc1c(Cl)cccc1Cl. The molecule has 1 rings (SSSR count). The number of para-hydroxylation sites is 1. The van der Waals surface area contributed by atoms with Crippen LogP contribution >= 0.6 is 23.2 Å². The van der Waals surface area contributed by atoms with E-state index in [1.165, 1.54) is 0 Å². The molecule has 3 nitrogen and oxygen atoms in total. The highest BCUT2D eigenvalue weighted by atomic mass is 35.5. The average Bonchev–Trinajstić information content (AvgIpc) is 2.30. The summed E-state index contributed by atoms with van der Waals surface area (Å²) in [6.07, 6.45) is 0. The van der Waals surface area contributed by atoms with Gasteiger partial charge in [0, 0.05) is 19.6 Å². The first-order valence-corrected chi connectivity index (χ1v) is 6.30. The van der Waals surface area contributed by atoms with Crippen molar-refractivity contribution in [3.05, 3.63) is 28.2 Å². The summed E-state index contributed by atoms with van der Waals surface area (Å²) >= 11 is 12.0. The number of likely N-dealkylation sites (N-methyl/N-ethyl adjacent to an activating group) is 2. The summed E-state index contributed by atoms with van der Waals surface area (Å²) in [7, 11) is 3.99. The van der Waals surface area contributed by atoms with Crippen LogP contribution in [0, 0.1) is 0 Å². The van der Waals surface area contributed by atoms with Crippen LogP contribution in [0.15, 0.2) is 18.2 Å². The van der Waals surface area contributed by atoms with E-state index in [0.29, 0.717) is 22.4 Å². The number of hydrogen-bond acceptors (Lipinski definition) is 3. The molecule has 0 bridgehead atoms. The van der Waals surface area contributed by atoms with Gasteiger partial charge in [-0.3, -0.25) is 0 Å². The van der Waals surface area contributed by atoms with Crippen molar-refractivity contribution in [2.45, 2.75) is 0 Å². The fourth-order valence-electron chi connectivity index (χ4n) is 1.34. The molecular weight excluding hydrogens is 259 g/mol. The lowest BCUT2D eigenvalue weighted by Gasteiger charge is -2.17. The summed E-state index contributed by atoms with van der Waals surface area (Å²) < 4.78 is 5.59.